The molecule has 0 fully saturated rings. The van der Waals surface area contributed by atoms with Crippen molar-refractivity contribution in [2.75, 3.05) is 20.3 Å². The highest BCUT2D eigenvalue weighted by atomic mass is 19.1. The van der Waals surface area contributed by atoms with E-state index in [2.05, 4.69) is 9.97 Å². The van der Waals surface area contributed by atoms with Crippen molar-refractivity contribution in [2.45, 2.75) is 0 Å². The lowest BCUT2D eigenvalue weighted by molar-refractivity contribution is 0.146. The summed E-state index contributed by atoms with van der Waals surface area (Å²) in [5.74, 6) is -0.635. The Bertz CT molecular complexity index is 1090. The van der Waals surface area contributed by atoms with Crippen LogP contribution in [-0.2, 0) is 4.74 Å². The zero-order valence-corrected chi connectivity index (χ0v) is 13.9. The monoisotopic (exact) mass is 355 g/mol. The summed E-state index contributed by atoms with van der Waals surface area (Å²) in [6.45, 7) is 0.945. The Hall–Kier alpha value is -3.06. The number of imidazole rings is 1. The first-order chi connectivity index (χ1) is 12.7. The number of methoxy groups -OCH3 is 1. The van der Waals surface area contributed by atoms with Crippen LogP contribution in [-0.4, -0.2) is 34.7 Å². The molecule has 4 rings (SSSR count). The van der Waals surface area contributed by atoms with Crippen molar-refractivity contribution in [2.24, 2.45) is 0 Å². The van der Waals surface area contributed by atoms with E-state index in [4.69, 9.17) is 9.47 Å². The molecule has 0 N–H and O–H groups in total. The van der Waals surface area contributed by atoms with E-state index in [1.54, 1.807) is 31.5 Å². The van der Waals surface area contributed by atoms with Crippen molar-refractivity contribution >= 4 is 16.6 Å². The third-order valence-electron chi connectivity index (χ3n) is 4.01. The smallest absolute Gasteiger partial charge is 0.152 e. The summed E-state index contributed by atoms with van der Waals surface area (Å²) in [4.78, 5) is 8.70. The molecule has 0 spiro atoms. The van der Waals surface area contributed by atoms with Gasteiger partial charge in [-0.05, 0) is 18.2 Å². The molecule has 3 aromatic heterocycles. The fourth-order valence-electron chi connectivity index (χ4n) is 2.78. The van der Waals surface area contributed by atoms with Gasteiger partial charge in [-0.1, -0.05) is 6.07 Å². The number of hydrogen-bond acceptors (Lipinski definition) is 4. The summed E-state index contributed by atoms with van der Waals surface area (Å²) in [6, 6.07) is 9.06. The van der Waals surface area contributed by atoms with Gasteiger partial charge in [0.15, 0.2) is 5.82 Å². The van der Waals surface area contributed by atoms with Gasteiger partial charge in [0.2, 0.25) is 0 Å². The standard InChI is InChI=1S/C19H15F2N3O2/c1-25-6-7-26-14-4-5-24-17(11-22-18(24)10-14)16-3-2-12-8-13(20)9-15(21)19(12)23-16/h2-5,8-11H,6-7H2,1H3. The molecule has 0 saturated heterocycles. The Balaban J connectivity index is 1.73. The lowest BCUT2D eigenvalue weighted by atomic mass is 10.1. The van der Waals surface area contributed by atoms with Gasteiger partial charge in [-0.2, -0.15) is 0 Å². The molecule has 132 valence electrons. The van der Waals surface area contributed by atoms with Crippen LogP contribution in [0.5, 0.6) is 5.75 Å². The van der Waals surface area contributed by atoms with Crippen LogP contribution >= 0.6 is 0 Å². The fraction of sp³-hybridized carbons (Fsp3) is 0.158. The second kappa shape index (κ2) is 6.68. The molecular weight excluding hydrogens is 340 g/mol. The second-order valence-corrected chi connectivity index (χ2v) is 5.73. The highest BCUT2D eigenvalue weighted by Gasteiger charge is 2.11. The van der Waals surface area contributed by atoms with Crippen molar-refractivity contribution in [3.8, 4) is 17.1 Å². The van der Waals surface area contributed by atoms with Gasteiger partial charge >= 0.3 is 0 Å². The molecule has 0 aliphatic rings. The molecule has 4 aromatic rings. The van der Waals surface area contributed by atoms with Crippen LogP contribution in [0.15, 0.2) is 48.8 Å². The molecule has 0 atom stereocenters. The minimum absolute atomic E-state index is 0.123. The van der Waals surface area contributed by atoms with E-state index in [9.17, 15) is 8.78 Å². The van der Waals surface area contributed by atoms with E-state index in [1.165, 1.54) is 6.07 Å². The van der Waals surface area contributed by atoms with Crippen LogP contribution in [0.3, 0.4) is 0 Å². The summed E-state index contributed by atoms with van der Waals surface area (Å²) in [5, 5.41) is 0.411. The van der Waals surface area contributed by atoms with Crippen LogP contribution in [0.2, 0.25) is 0 Å². The molecule has 0 saturated carbocycles. The molecule has 0 amide bonds. The lowest BCUT2D eigenvalue weighted by Gasteiger charge is -2.07. The topological polar surface area (TPSA) is 48.7 Å². The first-order valence-corrected chi connectivity index (χ1v) is 8.01. The third-order valence-corrected chi connectivity index (χ3v) is 4.01. The maximum Gasteiger partial charge on any atom is 0.152 e. The van der Waals surface area contributed by atoms with Gasteiger partial charge in [-0.25, -0.2) is 18.7 Å². The molecule has 0 aliphatic carbocycles. The summed E-state index contributed by atoms with van der Waals surface area (Å²) in [6.07, 6.45) is 3.47. The molecule has 0 unspecified atom stereocenters. The second-order valence-electron chi connectivity index (χ2n) is 5.73. The number of pyridine rings is 2. The lowest BCUT2D eigenvalue weighted by Crippen LogP contribution is -2.04. The van der Waals surface area contributed by atoms with E-state index in [0.29, 0.717) is 41.4 Å². The van der Waals surface area contributed by atoms with E-state index in [-0.39, 0.29) is 5.52 Å². The van der Waals surface area contributed by atoms with Gasteiger partial charge in [0.25, 0.3) is 0 Å². The predicted octanol–water partition coefficient (Wildman–Crippen LogP) is 3.85. The van der Waals surface area contributed by atoms with Crippen molar-refractivity contribution in [3.05, 3.63) is 60.4 Å². The van der Waals surface area contributed by atoms with E-state index < -0.39 is 11.6 Å². The Labute approximate surface area is 147 Å². The van der Waals surface area contributed by atoms with Gasteiger partial charge in [-0.15, -0.1) is 0 Å². The van der Waals surface area contributed by atoms with Crippen molar-refractivity contribution < 1.29 is 18.3 Å². The summed E-state index contributed by atoms with van der Waals surface area (Å²) in [7, 11) is 1.61. The van der Waals surface area contributed by atoms with Crippen molar-refractivity contribution in [1.82, 2.24) is 14.4 Å². The number of benzene rings is 1. The van der Waals surface area contributed by atoms with Crippen LogP contribution in [0.25, 0.3) is 27.9 Å². The summed E-state index contributed by atoms with van der Waals surface area (Å²) in [5.41, 5.74) is 2.05. The van der Waals surface area contributed by atoms with Gasteiger partial charge in [0.1, 0.15) is 29.3 Å². The highest BCUT2D eigenvalue weighted by molar-refractivity contribution is 5.82. The zero-order valence-electron chi connectivity index (χ0n) is 13.9. The van der Waals surface area contributed by atoms with Crippen LogP contribution in [0.4, 0.5) is 8.78 Å². The zero-order chi connectivity index (χ0) is 18.1. The summed E-state index contributed by atoms with van der Waals surface area (Å²) < 4.78 is 39.7. The van der Waals surface area contributed by atoms with E-state index >= 15 is 0 Å². The quantitative estimate of drug-likeness (QED) is 0.510. The molecule has 5 nitrogen and oxygen atoms in total. The minimum atomic E-state index is -0.690. The number of nitrogens with zero attached hydrogens (tertiary/aromatic N) is 3. The van der Waals surface area contributed by atoms with Crippen molar-refractivity contribution in [1.29, 1.82) is 0 Å². The maximum atomic E-state index is 14.0. The molecule has 0 aliphatic heterocycles. The Morgan fingerprint density at radius 2 is 1.96 bits per heavy atom. The SMILES string of the molecule is COCCOc1ccn2c(-c3ccc4cc(F)cc(F)c4n3)cnc2c1. The molecule has 1 aromatic carbocycles. The number of hydrogen-bond donors (Lipinski definition) is 0. The third kappa shape index (κ3) is 2.97. The van der Waals surface area contributed by atoms with Crippen molar-refractivity contribution in [3.63, 3.8) is 0 Å². The number of rotatable bonds is 5. The first-order valence-electron chi connectivity index (χ1n) is 8.01. The fourth-order valence-corrected chi connectivity index (χ4v) is 2.78. The predicted molar refractivity (Wildman–Crippen MR) is 93.2 cm³/mol. The first kappa shape index (κ1) is 16.4. The van der Waals surface area contributed by atoms with Gasteiger partial charge in [0, 0.05) is 30.8 Å². The van der Waals surface area contributed by atoms with Gasteiger partial charge < -0.3 is 9.47 Å². The largest absolute Gasteiger partial charge is 0.491 e. The Morgan fingerprint density at radius 3 is 2.81 bits per heavy atom. The normalized spacial score (nSPS) is 11.3. The number of ether oxygens (including phenoxy) is 2. The number of aromatic nitrogens is 3. The number of halogens is 2. The highest BCUT2D eigenvalue weighted by Crippen LogP contribution is 2.25. The molecule has 3 heterocycles. The minimum Gasteiger partial charge on any atom is -0.491 e. The average molecular weight is 355 g/mol. The maximum absolute atomic E-state index is 14.0. The molecule has 0 bridgehead atoms. The Kier molecular flexibility index (Phi) is 4.22. The number of fused-ring (bicyclic) bond motifs is 2. The van der Waals surface area contributed by atoms with E-state index in [1.807, 2.05) is 16.7 Å². The Morgan fingerprint density at radius 1 is 1.08 bits per heavy atom. The molecule has 7 heteroatoms. The molecule has 26 heavy (non-hydrogen) atoms. The molecular formula is C19H15F2N3O2. The van der Waals surface area contributed by atoms with Crippen LogP contribution in [0, 0.1) is 11.6 Å². The van der Waals surface area contributed by atoms with E-state index in [0.717, 1.165) is 6.07 Å². The summed E-state index contributed by atoms with van der Waals surface area (Å²) >= 11 is 0. The van der Waals surface area contributed by atoms with Crippen LogP contribution < -0.4 is 4.74 Å². The molecule has 0 radical (unpaired) electrons. The van der Waals surface area contributed by atoms with Gasteiger partial charge in [-0.3, -0.25) is 4.40 Å². The van der Waals surface area contributed by atoms with Crippen LogP contribution in [0.1, 0.15) is 0 Å². The van der Waals surface area contributed by atoms with Gasteiger partial charge in [0.05, 0.1) is 24.2 Å². The average Bonchev–Trinajstić information content (AvgIpc) is 3.05.